The van der Waals surface area contributed by atoms with Crippen molar-refractivity contribution < 1.29 is 17.6 Å². The third-order valence-corrected chi connectivity index (χ3v) is 5.76. The van der Waals surface area contributed by atoms with E-state index in [4.69, 9.17) is 0 Å². The Balaban J connectivity index is 1.78. The third kappa shape index (κ3) is 3.26. The molecule has 0 spiro atoms. The van der Waals surface area contributed by atoms with Crippen LogP contribution in [0.15, 0.2) is 42.5 Å². The summed E-state index contributed by atoms with van der Waals surface area (Å²) >= 11 is 0. The van der Waals surface area contributed by atoms with Crippen molar-refractivity contribution >= 4 is 27.3 Å². The number of anilines is 2. The van der Waals surface area contributed by atoms with Crippen molar-refractivity contribution in [3.8, 4) is 0 Å². The van der Waals surface area contributed by atoms with Gasteiger partial charge in [-0.2, -0.15) is 0 Å². The lowest BCUT2D eigenvalue weighted by atomic mass is 10.1. The third-order valence-electron chi connectivity index (χ3n) is 3.89. The minimum atomic E-state index is -3.25. The van der Waals surface area contributed by atoms with E-state index >= 15 is 0 Å². The Morgan fingerprint density at radius 1 is 1.17 bits per heavy atom. The van der Waals surface area contributed by atoms with Crippen molar-refractivity contribution in [2.75, 3.05) is 21.9 Å². The molecule has 0 aromatic heterocycles. The molecule has 24 heavy (non-hydrogen) atoms. The maximum Gasteiger partial charge on any atom is 0.255 e. The lowest BCUT2D eigenvalue weighted by molar-refractivity contribution is 0.102. The molecule has 1 amide bonds. The quantitative estimate of drug-likeness (QED) is 0.927. The van der Waals surface area contributed by atoms with Crippen LogP contribution in [0.2, 0.25) is 0 Å². The van der Waals surface area contributed by atoms with Crippen LogP contribution in [0.3, 0.4) is 0 Å². The molecular formula is C17H17FN2O3S. The highest BCUT2D eigenvalue weighted by Crippen LogP contribution is 2.24. The zero-order valence-electron chi connectivity index (χ0n) is 13.1. The highest BCUT2D eigenvalue weighted by Gasteiger charge is 2.28. The van der Waals surface area contributed by atoms with E-state index in [0.717, 1.165) is 5.56 Å². The van der Waals surface area contributed by atoms with E-state index in [-0.39, 0.29) is 11.4 Å². The van der Waals surface area contributed by atoms with E-state index in [1.807, 2.05) is 0 Å². The Labute approximate surface area is 140 Å². The van der Waals surface area contributed by atoms with E-state index in [1.54, 1.807) is 31.2 Å². The largest absolute Gasteiger partial charge is 0.319 e. The molecule has 1 fully saturated rings. The molecule has 0 unspecified atom stereocenters. The predicted molar refractivity (Wildman–Crippen MR) is 91.3 cm³/mol. The molecule has 1 aliphatic heterocycles. The van der Waals surface area contributed by atoms with E-state index < -0.39 is 21.7 Å². The lowest BCUT2D eigenvalue weighted by Gasteiger charge is -2.17. The Kier molecular flexibility index (Phi) is 4.28. The smallest absolute Gasteiger partial charge is 0.255 e. The van der Waals surface area contributed by atoms with Gasteiger partial charge in [-0.3, -0.25) is 9.10 Å². The first-order chi connectivity index (χ1) is 11.4. The van der Waals surface area contributed by atoms with Crippen molar-refractivity contribution in [3.63, 3.8) is 0 Å². The van der Waals surface area contributed by atoms with Crippen LogP contribution in [0, 0.1) is 12.7 Å². The molecular weight excluding hydrogens is 331 g/mol. The average Bonchev–Trinajstić information content (AvgIpc) is 2.90. The summed E-state index contributed by atoms with van der Waals surface area (Å²) in [5.74, 6) is -0.814. The van der Waals surface area contributed by atoms with E-state index in [2.05, 4.69) is 5.32 Å². The molecule has 0 saturated carbocycles. The minimum absolute atomic E-state index is 0.117. The number of hydrogen-bond acceptors (Lipinski definition) is 3. The number of rotatable bonds is 3. The van der Waals surface area contributed by atoms with Gasteiger partial charge in [-0.1, -0.05) is 6.07 Å². The second-order valence-electron chi connectivity index (χ2n) is 5.73. The molecule has 1 saturated heterocycles. The normalized spacial score (nSPS) is 16.2. The van der Waals surface area contributed by atoms with Gasteiger partial charge in [0.25, 0.3) is 5.91 Å². The molecule has 0 bridgehead atoms. The number of nitrogens with zero attached hydrogens (tertiary/aromatic N) is 1. The summed E-state index contributed by atoms with van der Waals surface area (Å²) in [7, 11) is -3.25. The number of carbonyl (C=O) groups is 1. The average molecular weight is 348 g/mol. The van der Waals surface area contributed by atoms with Gasteiger partial charge in [0.05, 0.1) is 17.1 Å². The molecule has 2 aromatic rings. The highest BCUT2D eigenvalue weighted by atomic mass is 32.2. The zero-order chi connectivity index (χ0) is 17.3. The molecule has 126 valence electrons. The molecule has 3 rings (SSSR count). The first kappa shape index (κ1) is 16.4. The van der Waals surface area contributed by atoms with E-state index in [9.17, 15) is 17.6 Å². The monoisotopic (exact) mass is 348 g/mol. The second-order valence-corrected chi connectivity index (χ2v) is 7.74. The molecule has 0 atom stereocenters. The van der Waals surface area contributed by atoms with Gasteiger partial charge in [0.1, 0.15) is 5.82 Å². The van der Waals surface area contributed by atoms with Crippen LogP contribution in [0.25, 0.3) is 0 Å². The van der Waals surface area contributed by atoms with Gasteiger partial charge in [-0.15, -0.1) is 0 Å². The number of amides is 1. The Bertz CT molecular complexity index is 879. The van der Waals surface area contributed by atoms with Crippen molar-refractivity contribution in [3.05, 3.63) is 59.4 Å². The zero-order valence-corrected chi connectivity index (χ0v) is 13.9. The van der Waals surface area contributed by atoms with Crippen LogP contribution < -0.4 is 9.62 Å². The summed E-state index contributed by atoms with van der Waals surface area (Å²) in [5.41, 5.74) is 1.81. The van der Waals surface area contributed by atoms with Crippen LogP contribution >= 0.6 is 0 Å². The number of hydrogen-bond donors (Lipinski definition) is 1. The van der Waals surface area contributed by atoms with Crippen LogP contribution in [-0.4, -0.2) is 26.6 Å². The van der Waals surface area contributed by atoms with Gasteiger partial charge < -0.3 is 5.32 Å². The molecule has 5 nitrogen and oxygen atoms in total. The van der Waals surface area contributed by atoms with Crippen LogP contribution in [0.1, 0.15) is 22.3 Å². The fourth-order valence-electron chi connectivity index (χ4n) is 2.64. The molecule has 7 heteroatoms. The highest BCUT2D eigenvalue weighted by molar-refractivity contribution is 7.93. The summed E-state index contributed by atoms with van der Waals surface area (Å²) in [6, 6.07) is 10.7. The summed E-state index contributed by atoms with van der Waals surface area (Å²) in [4.78, 5) is 12.2. The maximum absolute atomic E-state index is 13.7. The Hall–Kier alpha value is -2.41. The topological polar surface area (TPSA) is 66.5 Å². The maximum atomic E-state index is 13.7. The van der Waals surface area contributed by atoms with Crippen LogP contribution in [0.4, 0.5) is 15.8 Å². The number of benzene rings is 2. The summed E-state index contributed by atoms with van der Waals surface area (Å²) in [6.45, 7) is 2.25. The first-order valence-electron chi connectivity index (χ1n) is 7.55. The molecule has 0 radical (unpaired) electrons. The first-order valence-corrected chi connectivity index (χ1v) is 9.16. The van der Waals surface area contributed by atoms with Crippen molar-refractivity contribution in [2.24, 2.45) is 0 Å². The summed E-state index contributed by atoms with van der Waals surface area (Å²) in [6.07, 6.45) is 0.594. The number of aryl methyl sites for hydroxylation is 1. The minimum Gasteiger partial charge on any atom is -0.319 e. The van der Waals surface area contributed by atoms with E-state index in [1.165, 1.54) is 22.5 Å². The number of halogens is 1. The molecule has 1 heterocycles. The lowest BCUT2D eigenvalue weighted by Crippen LogP contribution is -2.25. The van der Waals surface area contributed by atoms with Crippen LogP contribution in [0.5, 0.6) is 0 Å². The summed E-state index contributed by atoms with van der Waals surface area (Å²) < 4.78 is 38.8. The van der Waals surface area contributed by atoms with Crippen molar-refractivity contribution in [1.29, 1.82) is 0 Å². The van der Waals surface area contributed by atoms with Crippen LogP contribution in [-0.2, 0) is 10.0 Å². The van der Waals surface area contributed by atoms with Crippen molar-refractivity contribution in [1.82, 2.24) is 0 Å². The Morgan fingerprint density at radius 3 is 2.50 bits per heavy atom. The SMILES string of the molecule is Cc1ccc(F)c(NC(=O)c2ccc(N3CCCS3(=O)=O)cc2)c1. The van der Waals surface area contributed by atoms with Gasteiger partial charge in [0, 0.05) is 12.1 Å². The van der Waals surface area contributed by atoms with Gasteiger partial charge in [0.2, 0.25) is 10.0 Å². The van der Waals surface area contributed by atoms with Gasteiger partial charge in [-0.25, -0.2) is 12.8 Å². The van der Waals surface area contributed by atoms with Crippen molar-refractivity contribution in [2.45, 2.75) is 13.3 Å². The Morgan fingerprint density at radius 2 is 1.88 bits per heavy atom. The standard InChI is InChI=1S/C17H17FN2O3S/c1-12-3-8-15(18)16(11-12)19-17(21)13-4-6-14(7-5-13)20-9-2-10-24(20,22)23/h3-8,11H,2,9-10H2,1H3,(H,19,21). The molecule has 1 N–H and O–H groups in total. The molecule has 2 aromatic carbocycles. The second kappa shape index (κ2) is 6.24. The predicted octanol–water partition coefficient (Wildman–Crippen LogP) is 2.93. The molecule has 1 aliphatic rings. The van der Waals surface area contributed by atoms with E-state index in [0.29, 0.717) is 24.2 Å². The van der Waals surface area contributed by atoms with Gasteiger partial charge in [0.15, 0.2) is 0 Å². The number of carbonyl (C=O) groups excluding carboxylic acids is 1. The fraction of sp³-hybridized carbons (Fsp3) is 0.235. The molecule has 0 aliphatic carbocycles. The van der Waals surface area contributed by atoms with Gasteiger partial charge >= 0.3 is 0 Å². The number of sulfonamides is 1. The fourth-order valence-corrected chi connectivity index (χ4v) is 4.20. The summed E-state index contributed by atoms with van der Waals surface area (Å²) in [5, 5.41) is 2.53. The number of nitrogens with one attached hydrogen (secondary N) is 1. The van der Waals surface area contributed by atoms with Gasteiger partial charge in [-0.05, 0) is 55.3 Å².